The van der Waals surface area contributed by atoms with E-state index in [-0.39, 0.29) is 0 Å². The number of hydrogen-bond acceptors (Lipinski definition) is 4. The standard InChI is InChI=1S/C16H17BrN2O3/c1-10(16(20)21)19(13-5-6-13)9-15-18-8-14(22-15)11-3-2-4-12(17)7-11/h2-4,7-8,10,13H,5-6,9H2,1H3,(H,20,21). The average molecular weight is 365 g/mol. The fourth-order valence-corrected chi connectivity index (χ4v) is 2.84. The topological polar surface area (TPSA) is 66.6 Å². The van der Waals surface area contributed by atoms with Gasteiger partial charge in [-0.25, -0.2) is 4.98 Å². The number of rotatable bonds is 6. The Labute approximate surface area is 137 Å². The molecule has 5 nitrogen and oxygen atoms in total. The van der Waals surface area contributed by atoms with Gasteiger partial charge in [0, 0.05) is 16.1 Å². The van der Waals surface area contributed by atoms with Crippen LogP contribution < -0.4 is 0 Å². The molecule has 1 N–H and O–H groups in total. The molecule has 0 saturated heterocycles. The molecule has 1 aromatic carbocycles. The third-order valence-electron chi connectivity index (χ3n) is 3.85. The van der Waals surface area contributed by atoms with Gasteiger partial charge in [0.05, 0.1) is 12.7 Å². The molecule has 0 radical (unpaired) electrons. The highest BCUT2D eigenvalue weighted by atomic mass is 79.9. The summed E-state index contributed by atoms with van der Waals surface area (Å²) in [5.74, 6) is 0.427. The highest BCUT2D eigenvalue weighted by molar-refractivity contribution is 9.10. The van der Waals surface area contributed by atoms with E-state index in [1.807, 2.05) is 29.2 Å². The van der Waals surface area contributed by atoms with Crippen LogP contribution in [0.2, 0.25) is 0 Å². The summed E-state index contributed by atoms with van der Waals surface area (Å²) in [5, 5.41) is 9.22. The predicted octanol–water partition coefficient (Wildman–Crippen LogP) is 3.54. The number of aromatic nitrogens is 1. The van der Waals surface area contributed by atoms with E-state index in [4.69, 9.17) is 4.42 Å². The lowest BCUT2D eigenvalue weighted by molar-refractivity contribution is -0.143. The van der Waals surface area contributed by atoms with Crippen molar-refractivity contribution < 1.29 is 14.3 Å². The smallest absolute Gasteiger partial charge is 0.320 e. The van der Waals surface area contributed by atoms with Crippen LogP contribution in [-0.2, 0) is 11.3 Å². The van der Waals surface area contributed by atoms with Crippen LogP contribution in [-0.4, -0.2) is 33.0 Å². The van der Waals surface area contributed by atoms with E-state index in [1.165, 1.54) is 0 Å². The number of carboxylic acids is 1. The van der Waals surface area contributed by atoms with Gasteiger partial charge >= 0.3 is 5.97 Å². The first-order chi connectivity index (χ1) is 10.5. The molecule has 1 aliphatic carbocycles. The van der Waals surface area contributed by atoms with Crippen molar-refractivity contribution in [3.8, 4) is 11.3 Å². The molecule has 22 heavy (non-hydrogen) atoms. The lowest BCUT2D eigenvalue weighted by atomic mass is 10.2. The SMILES string of the molecule is CC(C(=O)O)N(Cc1ncc(-c2cccc(Br)c2)o1)C1CC1. The highest BCUT2D eigenvalue weighted by Gasteiger charge is 2.35. The lowest BCUT2D eigenvalue weighted by Crippen LogP contribution is -2.40. The summed E-state index contributed by atoms with van der Waals surface area (Å²) in [7, 11) is 0. The van der Waals surface area contributed by atoms with Crippen molar-refractivity contribution in [3.05, 3.63) is 40.8 Å². The average Bonchev–Trinajstić information content (AvgIpc) is 3.22. The maximum absolute atomic E-state index is 11.2. The summed E-state index contributed by atoms with van der Waals surface area (Å²) in [6, 6.07) is 7.59. The molecule has 3 rings (SSSR count). The molecule has 0 amide bonds. The Morgan fingerprint density at radius 1 is 1.55 bits per heavy atom. The summed E-state index contributed by atoms with van der Waals surface area (Å²) in [4.78, 5) is 17.5. The molecule has 1 aliphatic rings. The molecule has 2 aromatic rings. The number of aliphatic carboxylic acids is 1. The first-order valence-corrected chi connectivity index (χ1v) is 8.03. The quantitative estimate of drug-likeness (QED) is 0.848. The number of oxazole rings is 1. The van der Waals surface area contributed by atoms with Gasteiger partial charge in [-0.05, 0) is 31.9 Å². The van der Waals surface area contributed by atoms with Crippen molar-refractivity contribution >= 4 is 21.9 Å². The molecule has 1 atom stereocenters. The summed E-state index contributed by atoms with van der Waals surface area (Å²) in [5.41, 5.74) is 0.942. The molecule has 1 heterocycles. The first kappa shape index (κ1) is 15.2. The van der Waals surface area contributed by atoms with Gasteiger partial charge in [-0.15, -0.1) is 0 Å². The molecule has 0 bridgehead atoms. The number of nitrogens with zero attached hydrogens (tertiary/aromatic N) is 2. The third-order valence-corrected chi connectivity index (χ3v) is 4.34. The summed E-state index contributed by atoms with van der Waals surface area (Å²) < 4.78 is 6.77. The van der Waals surface area contributed by atoms with Crippen LogP contribution in [0.4, 0.5) is 0 Å². The molecule has 0 spiro atoms. The van der Waals surface area contributed by atoms with Crippen LogP contribution in [0.5, 0.6) is 0 Å². The van der Waals surface area contributed by atoms with E-state index in [2.05, 4.69) is 20.9 Å². The zero-order valence-electron chi connectivity index (χ0n) is 12.2. The minimum atomic E-state index is -0.814. The van der Waals surface area contributed by atoms with Crippen LogP contribution in [0, 0.1) is 0 Å². The van der Waals surface area contributed by atoms with Crippen molar-refractivity contribution in [1.82, 2.24) is 9.88 Å². The Hall–Kier alpha value is -1.66. The van der Waals surface area contributed by atoms with Gasteiger partial charge in [-0.3, -0.25) is 9.69 Å². The molecule has 1 fully saturated rings. The number of hydrogen-bond donors (Lipinski definition) is 1. The van der Waals surface area contributed by atoms with Crippen LogP contribution in [0.1, 0.15) is 25.7 Å². The van der Waals surface area contributed by atoms with Gasteiger partial charge < -0.3 is 9.52 Å². The molecular weight excluding hydrogens is 348 g/mol. The third kappa shape index (κ3) is 3.39. The Balaban J connectivity index is 1.77. The molecular formula is C16H17BrN2O3. The summed E-state index contributed by atoms with van der Waals surface area (Å²) in [6.45, 7) is 2.13. The van der Waals surface area contributed by atoms with Crippen LogP contribution >= 0.6 is 15.9 Å². The predicted molar refractivity (Wildman–Crippen MR) is 85.3 cm³/mol. The van der Waals surface area contributed by atoms with Crippen molar-refractivity contribution in [2.24, 2.45) is 0 Å². The second-order valence-corrected chi connectivity index (χ2v) is 6.46. The van der Waals surface area contributed by atoms with Crippen LogP contribution in [0.3, 0.4) is 0 Å². The molecule has 116 valence electrons. The second-order valence-electron chi connectivity index (χ2n) is 5.55. The van der Waals surface area contributed by atoms with Gasteiger partial charge in [-0.2, -0.15) is 0 Å². The molecule has 1 unspecified atom stereocenters. The fraction of sp³-hybridized carbons (Fsp3) is 0.375. The number of benzene rings is 1. The van der Waals surface area contributed by atoms with E-state index in [0.717, 1.165) is 22.9 Å². The molecule has 6 heteroatoms. The van der Waals surface area contributed by atoms with Gasteiger partial charge in [0.15, 0.2) is 5.76 Å². The summed E-state index contributed by atoms with van der Waals surface area (Å²) in [6.07, 6.45) is 3.77. The molecule has 1 aromatic heterocycles. The Morgan fingerprint density at radius 3 is 2.95 bits per heavy atom. The Bertz CT molecular complexity index is 682. The van der Waals surface area contributed by atoms with Crippen LogP contribution in [0.15, 0.2) is 39.4 Å². The van der Waals surface area contributed by atoms with E-state index < -0.39 is 12.0 Å². The van der Waals surface area contributed by atoms with Crippen molar-refractivity contribution in [2.75, 3.05) is 0 Å². The number of halogens is 1. The van der Waals surface area contributed by atoms with Crippen molar-refractivity contribution in [3.63, 3.8) is 0 Å². The number of carbonyl (C=O) groups is 1. The van der Waals surface area contributed by atoms with Gasteiger partial charge in [0.2, 0.25) is 5.89 Å². The van der Waals surface area contributed by atoms with Gasteiger partial charge in [0.25, 0.3) is 0 Å². The Kier molecular flexibility index (Phi) is 4.31. The highest BCUT2D eigenvalue weighted by Crippen LogP contribution is 2.31. The largest absolute Gasteiger partial charge is 0.480 e. The normalized spacial score (nSPS) is 16.0. The van der Waals surface area contributed by atoms with Crippen molar-refractivity contribution in [1.29, 1.82) is 0 Å². The second kappa shape index (κ2) is 6.22. The van der Waals surface area contributed by atoms with E-state index in [1.54, 1.807) is 13.1 Å². The zero-order valence-corrected chi connectivity index (χ0v) is 13.8. The first-order valence-electron chi connectivity index (χ1n) is 7.24. The maximum Gasteiger partial charge on any atom is 0.320 e. The van der Waals surface area contributed by atoms with E-state index in [0.29, 0.717) is 24.2 Å². The monoisotopic (exact) mass is 364 g/mol. The van der Waals surface area contributed by atoms with E-state index >= 15 is 0 Å². The van der Waals surface area contributed by atoms with Crippen molar-refractivity contribution in [2.45, 2.75) is 38.4 Å². The molecule has 0 aliphatic heterocycles. The summed E-state index contributed by atoms with van der Waals surface area (Å²) >= 11 is 3.43. The fourth-order valence-electron chi connectivity index (χ4n) is 2.45. The minimum Gasteiger partial charge on any atom is -0.480 e. The van der Waals surface area contributed by atoms with Gasteiger partial charge in [-0.1, -0.05) is 28.1 Å². The minimum absolute atomic E-state index is 0.326. The zero-order chi connectivity index (χ0) is 15.7. The van der Waals surface area contributed by atoms with E-state index in [9.17, 15) is 9.90 Å². The number of carboxylic acid groups (broad SMARTS) is 1. The van der Waals surface area contributed by atoms with Crippen LogP contribution in [0.25, 0.3) is 11.3 Å². The molecule has 1 saturated carbocycles. The van der Waals surface area contributed by atoms with Gasteiger partial charge in [0.1, 0.15) is 6.04 Å². The lowest BCUT2D eigenvalue weighted by Gasteiger charge is -2.24. The maximum atomic E-state index is 11.2. The Morgan fingerprint density at radius 2 is 2.32 bits per heavy atom.